The van der Waals surface area contributed by atoms with Crippen molar-refractivity contribution < 1.29 is 36.9 Å². The Morgan fingerprint density at radius 3 is 0.963 bits per heavy atom. The van der Waals surface area contributed by atoms with E-state index in [4.69, 9.17) is 17.7 Å². The van der Waals surface area contributed by atoms with Gasteiger partial charge in [0.1, 0.15) is 0 Å². The van der Waals surface area contributed by atoms with Crippen LogP contribution in [-0.4, -0.2) is 41.0 Å². The highest BCUT2D eigenvalue weighted by Crippen LogP contribution is 2.35. The summed E-state index contributed by atoms with van der Waals surface area (Å²) in [7, 11) is -6.34. The van der Waals surface area contributed by atoms with Gasteiger partial charge in [-0.05, 0) is 6.42 Å². The molecule has 0 aliphatic rings. The fraction of sp³-hybridized carbons (Fsp3) is 0.765. The molecule has 156 valence electrons. The van der Waals surface area contributed by atoms with Crippen molar-refractivity contribution in [3.05, 3.63) is 0 Å². The maximum absolute atomic E-state index is 11.6. The van der Waals surface area contributed by atoms with E-state index in [0.29, 0.717) is 18.5 Å². The number of hydrogen-bond donors (Lipinski definition) is 0. The zero-order valence-corrected chi connectivity index (χ0v) is 19.5. The van der Waals surface area contributed by atoms with Crippen LogP contribution in [0.15, 0.2) is 0 Å². The van der Waals surface area contributed by atoms with Crippen molar-refractivity contribution in [2.75, 3.05) is 0 Å². The molecule has 0 radical (unpaired) electrons. The van der Waals surface area contributed by atoms with Crippen LogP contribution in [0.2, 0.25) is 23.2 Å². The third-order valence-electron chi connectivity index (χ3n) is 4.08. The van der Waals surface area contributed by atoms with Gasteiger partial charge >= 0.3 is 17.1 Å². The molecule has 27 heavy (non-hydrogen) atoms. The minimum Gasteiger partial charge on any atom is -0.485 e. The quantitative estimate of drug-likeness (QED) is 0.496. The summed E-state index contributed by atoms with van der Waals surface area (Å²) in [5, 5.41) is 0. The van der Waals surface area contributed by atoms with Crippen molar-refractivity contribution in [3.8, 4) is 0 Å². The summed E-state index contributed by atoms with van der Waals surface area (Å²) in [4.78, 5) is 46.4. The Hall–Kier alpha value is -1.69. The summed E-state index contributed by atoms with van der Waals surface area (Å²) in [6, 6.07) is 0.654. The molecule has 0 amide bonds. The second kappa shape index (κ2) is 10.6. The number of rotatable bonds is 10. The second-order valence-corrected chi connectivity index (χ2v) is 14.5. The molecule has 0 atom stereocenters. The molecule has 0 bridgehead atoms. The fourth-order valence-corrected chi connectivity index (χ4v) is 9.08. The minimum atomic E-state index is -3.17. The predicted molar refractivity (Wildman–Crippen MR) is 103 cm³/mol. The van der Waals surface area contributed by atoms with Gasteiger partial charge in [-0.2, -0.15) is 0 Å². The van der Waals surface area contributed by atoms with E-state index in [1.54, 1.807) is 0 Å². The first kappa shape index (κ1) is 25.3. The van der Waals surface area contributed by atoms with Crippen molar-refractivity contribution in [2.45, 2.75) is 85.0 Å². The number of hydrogen-bond acceptors (Lipinski definition) is 8. The molecule has 0 aromatic carbocycles. The maximum Gasteiger partial charge on any atom is 0.466 e. The third kappa shape index (κ3) is 8.25. The van der Waals surface area contributed by atoms with Gasteiger partial charge in [0.25, 0.3) is 23.9 Å². The highest BCUT2D eigenvalue weighted by atomic mass is 28.4. The number of carbonyl (C=O) groups is 4. The normalized spacial score (nSPS) is 11.9. The molecule has 0 saturated heterocycles. The van der Waals surface area contributed by atoms with Crippen LogP contribution in [0.4, 0.5) is 0 Å². The van der Waals surface area contributed by atoms with Crippen LogP contribution in [0.25, 0.3) is 0 Å². The molecular formula is C17H32O8Si2. The van der Waals surface area contributed by atoms with E-state index in [1.807, 2.05) is 27.7 Å². The van der Waals surface area contributed by atoms with E-state index in [2.05, 4.69) is 0 Å². The van der Waals surface area contributed by atoms with Gasteiger partial charge in [0.05, 0.1) is 0 Å². The van der Waals surface area contributed by atoms with Gasteiger partial charge in [0.15, 0.2) is 0 Å². The summed E-state index contributed by atoms with van der Waals surface area (Å²) in [6.45, 7) is 12.5. The third-order valence-corrected chi connectivity index (χ3v) is 12.2. The van der Waals surface area contributed by atoms with E-state index in [1.165, 1.54) is 27.7 Å². The van der Waals surface area contributed by atoms with Gasteiger partial charge in [-0.3, -0.25) is 19.2 Å². The molecule has 0 aliphatic carbocycles. The monoisotopic (exact) mass is 420 g/mol. The average molecular weight is 421 g/mol. The highest BCUT2D eigenvalue weighted by Gasteiger charge is 2.51. The Bertz CT molecular complexity index is 479. The molecule has 0 spiro atoms. The van der Waals surface area contributed by atoms with Crippen molar-refractivity contribution >= 4 is 41.0 Å². The fourth-order valence-electron chi connectivity index (χ4n) is 2.85. The smallest absolute Gasteiger partial charge is 0.466 e. The number of carbonyl (C=O) groups excluding carboxylic acids is 4. The largest absolute Gasteiger partial charge is 0.485 e. The molecule has 0 aliphatic heterocycles. The van der Waals surface area contributed by atoms with Crippen LogP contribution in [0, 0.1) is 0 Å². The van der Waals surface area contributed by atoms with Crippen LogP contribution in [0.3, 0.4) is 0 Å². The van der Waals surface area contributed by atoms with E-state index >= 15 is 0 Å². The van der Waals surface area contributed by atoms with E-state index in [-0.39, 0.29) is 11.1 Å². The van der Waals surface area contributed by atoms with Gasteiger partial charge in [0.2, 0.25) is 0 Å². The van der Waals surface area contributed by atoms with Gasteiger partial charge in [-0.25, -0.2) is 0 Å². The lowest BCUT2D eigenvalue weighted by Crippen LogP contribution is -2.50. The maximum atomic E-state index is 11.6. The molecule has 0 rings (SSSR count). The van der Waals surface area contributed by atoms with E-state index in [9.17, 15) is 19.2 Å². The topological polar surface area (TPSA) is 105 Å². The molecule has 0 unspecified atom stereocenters. The van der Waals surface area contributed by atoms with Gasteiger partial charge in [-0.15, -0.1) is 0 Å². The van der Waals surface area contributed by atoms with E-state index < -0.39 is 41.0 Å². The summed E-state index contributed by atoms with van der Waals surface area (Å²) < 4.78 is 22.0. The zero-order chi connectivity index (χ0) is 21.4. The molecule has 0 fully saturated rings. The Kier molecular flexibility index (Phi) is 9.94. The summed E-state index contributed by atoms with van der Waals surface area (Å²) >= 11 is 0. The van der Waals surface area contributed by atoms with Gasteiger partial charge < -0.3 is 17.7 Å². The van der Waals surface area contributed by atoms with Crippen molar-refractivity contribution in [1.82, 2.24) is 0 Å². The lowest BCUT2D eigenvalue weighted by Gasteiger charge is -2.35. The lowest BCUT2D eigenvalue weighted by molar-refractivity contribution is -0.141. The van der Waals surface area contributed by atoms with Crippen LogP contribution in [0.5, 0.6) is 0 Å². The first-order valence-electron chi connectivity index (χ1n) is 9.04. The highest BCUT2D eigenvalue weighted by molar-refractivity contribution is 6.73. The van der Waals surface area contributed by atoms with E-state index in [0.717, 1.165) is 0 Å². The Balaban J connectivity index is 5.57. The van der Waals surface area contributed by atoms with Gasteiger partial charge in [-0.1, -0.05) is 27.7 Å². The summed E-state index contributed by atoms with van der Waals surface area (Å²) in [6.07, 6.45) is 0.427. The molecular weight excluding hydrogens is 388 g/mol. The van der Waals surface area contributed by atoms with Crippen LogP contribution in [0.1, 0.15) is 61.8 Å². The minimum absolute atomic E-state index is 0.164. The van der Waals surface area contributed by atoms with Crippen LogP contribution >= 0.6 is 0 Å². The molecule has 10 heteroatoms. The second-order valence-electron chi connectivity index (χ2n) is 7.16. The van der Waals surface area contributed by atoms with Crippen molar-refractivity contribution in [3.63, 3.8) is 0 Å². The molecule has 0 heterocycles. The molecule has 0 aromatic heterocycles. The first-order chi connectivity index (χ1) is 12.3. The van der Waals surface area contributed by atoms with Gasteiger partial charge in [0, 0.05) is 50.9 Å². The van der Waals surface area contributed by atoms with Crippen LogP contribution in [-0.2, 0) is 36.9 Å². The van der Waals surface area contributed by atoms with Crippen molar-refractivity contribution in [2.24, 2.45) is 0 Å². The molecule has 0 N–H and O–H groups in total. The lowest BCUT2D eigenvalue weighted by atomic mass is 10.5. The molecule has 0 saturated carbocycles. The average Bonchev–Trinajstić information content (AvgIpc) is 2.43. The zero-order valence-electron chi connectivity index (χ0n) is 17.5. The Labute approximate surface area is 163 Å². The molecule has 0 aromatic rings. The molecule has 8 nitrogen and oxygen atoms in total. The van der Waals surface area contributed by atoms with Crippen LogP contribution < -0.4 is 0 Å². The van der Waals surface area contributed by atoms with Crippen molar-refractivity contribution in [1.29, 1.82) is 0 Å². The summed E-state index contributed by atoms with van der Waals surface area (Å²) in [5.41, 5.74) is -0.328. The SMILES string of the molecule is CC(=O)O[Si](CCC[Si](OC(C)=O)(OC(C)=O)C(C)C)(OC(C)=O)C(C)C. The summed E-state index contributed by atoms with van der Waals surface area (Å²) in [5.74, 6) is -2.04. The Morgan fingerprint density at radius 1 is 0.593 bits per heavy atom. The standard InChI is InChI=1S/C17H32O8Si2/c1-12(2)26(22-14(5)18,23-15(6)19)10-9-11-27(13(3)4,24-16(7)20)25-17(8)21/h12-13H,9-11H2,1-8H3. The Morgan fingerprint density at radius 2 is 0.815 bits per heavy atom. The predicted octanol–water partition coefficient (Wildman–Crippen LogP) is 3.33. The first-order valence-corrected chi connectivity index (χ1v) is 13.2.